The predicted octanol–water partition coefficient (Wildman–Crippen LogP) is 2.43. The highest BCUT2D eigenvalue weighted by atomic mass is 19.1. The summed E-state index contributed by atoms with van der Waals surface area (Å²) < 4.78 is 13.1. The van der Waals surface area contributed by atoms with Crippen molar-refractivity contribution in [2.45, 2.75) is 19.4 Å². The molecule has 1 N–H and O–H groups in total. The van der Waals surface area contributed by atoms with Crippen LogP contribution in [0.25, 0.3) is 0 Å². The number of nitrogens with zero attached hydrogens (tertiary/aromatic N) is 1. The number of nitrogens with one attached hydrogen (secondary N) is 1. The van der Waals surface area contributed by atoms with Crippen molar-refractivity contribution in [2.75, 3.05) is 27.2 Å². The van der Waals surface area contributed by atoms with Crippen LogP contribution in [-0.2, 0) is 0 Å². The molecule has 3 heteroatoms. The van der Waals surface area contributed by atoms with E-state index in [9.17, 15) is 4.39 Å². The Labute approximate surface area is 97.5 Å². The van der Waals surface area contributed by atoms with Crippen LogP contribution in [0.5, 0.6) is 0 Å². The molecule has 0 aromatic heterocycles. The van der Waals surface area contributed by atoms with Gasteiger partial charge in [-0.3, -0.25) is 0 Å². The molecule has 0 amide bonds. The van der Waals surface area contributed by atoms with Gasteiger partial charge in [0.2, 0.25) is 0 Å². The summed E-state index contributed by atoms with van der Waals surface area (Å²) in [6, 6.07) is 7.08. The largest absolute Gasteiger partial charge is 0.310 e. The van der Waals surface area contributed by atoms with Crippen LogP contribution in [0, 0.1) is 5.82 Å². The Morgan fingerprint density at radius 1 is 1.38 bits per heavy atom. The van der Waals surface area contributed by atoms with Gasteiger partial charge < -0.3 is 10.2 Å². The van der Waals surface area contributed by atoms with Crippen LogP contribution >= 0.6 is 0 Å². The van der Waals surface area contributed by atoms with Crippen molar-refractivity contribution in [1.29, 1.82) is 0 Å². The molecular weight excluding hydrogens is 203 g/mol. The Bertz CT molecular complexity index is 313. The van der Waals surface area contributed by atoms with Gasteiger partial charge in [0.05, 0.1) is 0 Å². The summed E-state index contributed by atoms with van der Waals surface area (Å²) >= 11 is 0. The van der Waals surface area contributed by atoms with Crippen molar-refractivity contribution in [3.05, 3.63) is 35.6 Å². The molecule has 0 radical (unpaired) electrons. The molecule has 1 unspecified atom stereocenters. The van der Waals surface area contributed by atoms with E-state index in [0.29, 0.717) is 0 Å². The molecule has 0 fully saturated rings. The fourth-order valence-electron chi connectivity index (χ4n) is 1.74. The zero-order valence-corrected chi connectivity index (χ0v) is 10.3. The molecule has 1 rings (SSSR count). The minimum Gasteiger partial charge on any atom is -0.310 e. The molecule has 0 heterocycles. The van der Waals surface area contributed by atoms with Gasteiger partial charge in [-0.05, 0) is 51.3 Å². The van der Waals surface area contributed by atoms with Gasteiger partial charge in [0.25, 0.3) is 0 Å². The van der Waals surface area contributed by atoms with Gasteiger partial charge in [0.15, 0.2) is 0 Å². The highest BCUT2D eigenvalue weighted by Crippen LogP contribution is 2.17. The zero-order chi connectivity index (χ0) is 12.0. The molecule has 1 aromatic rings. The predicted molar refractivity (Wildman–Crippen MR) is 66.0 cm³/mol. The molecule has 0 aliphatic heterocycles. The Hall–Kier alpha value is -0.930. The minimum atomic E-state index is -0.162. The van der Waals surface area contributed by atoms with Gasteiger partial charge in [-0.15, -0.1) is 0 Å². The molecular formula is C13H21FN2. The van der Waals surface area contributed by atoms with E-state index in [-0.39, 0.29) is 11.9 Å². The lowest BCUT2D eigenvalue weighted by Gasteiger charge is -2.20. The summed E-state index contributed by atoms with van der Waals surface area (Å²) in [6.07, 6.45) is 0.990. The number of rotatable bonds is 6. The van der Waals surface area contributed by atoms with E-state index < -0.39 is 0 Å². The number of hydrogen-bond acceptors (Lipinski definition) is 2. The van der Waals surface area contributed by atoms with Crippen molar-refractivity contribution in [2.24, 2.45) is 0 Å². The van der Waals surface area contributed by atoms with Crippen LogP contribution in [0.2, 0.25) is 0 Å². The molecule has 16 heavy (non-hydrogen) atoms. The molecule has 0 saturated carbocycles. The SMILES string of the molecule is CCNC(CCN(C)C)c1cccc(F)c1. The van der Waals surface area contributed by atoms with Gasteiger partial charge in [0.1, 0.15) is 5.82 Å². The van der Waals surface area contributed by atoms with Gasteiger partial charge in [-0.2, -0.15) is 0 Å². The first-order chi connectivity index (χ1) is 7.63. The molecule has 0 aliphatic rings. The van der Waals surface area contributed by atoms with Crippen molar-refractivity contribution in [3.63, 3.8) is 0 Å². The van der Waals surface area contributed by atoms with Crippen LogP contribution in [0.4, 0.5) is 4.39 Å². The molecule has 0 saturated heterocycles. The zero-order valence-electron chi connectivity index (χ0n) is 10.3. The van der Waals surface area contributed by atoms with E-state index in [1.807, 2.05) is 6.07 Å². The normalized spacial score (nSPS) is 13.1. The lowest BCUT2D eigenvalue weighted by molar-refractivity contribution is 0.363. The first-order valence-electron chi connectivity index (χ1n) is 5.77. The summed E-state index contributed by atoms with van der Waals surface area (Å²) in [7, 11) is 4.10. The molecule has 2 nitrogen and oxygen atoms in total. The maximum absolute atomic E-state index is 13.1. The Morgan fingerprint density at radius 2 is 2.12 bits per heavy atom. The fourth-order valence-corrected chi connectivity index (χ4v) is 1.74. The van der Waals surface area contributed by atoms with Crippen LogP contribution in [0.1, 0.15) is 24.9 Å². The van der Waals surface area contributed by atoms with E-state index in [2.05, 4.69) is 31.2 Å². The Morgan fingerprint density at radius 3 is 2.69 bits per heavy atom. The summed E-state index contributed by atoms with van der Waals surface area (Å²) in [6.45, 7) is 3.96. The average molecular weight is 224 g/mol. The lowest BCUT2D eigenvalue weighted by Crippen LogP contribution is -2.25. The highest BCUT2D eigenvalue weighted by molar-refractivity contribution is 5.20. The number of benzene rings is 1. The van der Waals surface area contributed by atoms with Crippen molar-refractivity contribution in [1.82, 2.24) is 10.2 Å². The van der Waals surface area contributed by atoms with Gasteiger partial charge in [0, 0.05) is 6.04 Å². The summed E-state index contributed by atoms with van der Waals surface area (Å²) in [4.78, 5) is 2.14. The number of hydrogen-bond donors (Lipinski definition) is 1. The smallest absolute Gasteiger partial charge is 0.123 e. The van der Waals surface area contributed by atoms with Crippen molar-refractivity contribution in [3.8, 4) is 0 Å². The first-order valence-corrected chi connectivity index (χ1v) is 5.77. The van der Waals surface area contributed by atoms with E-state index in [1.54, 1.807) is 12.1 Å². The van der Waals surface area contributed by atoms with Gasteiger partial charge in [-0.25, -0.2) is 4.39 Å². The molecule has 1 aromatic carbocycles. The molecule has 0 aliphatic carbocycles. The monoisotopic (exact) mass is 224 g/mol. The van der Waals surface area contributed by atoms with Crippen LogP contribution < -0.4 is 5.32 Å². The van der Waals surface area contributed by atoms with E-state index in [0.717, 1.165) is 25.1 Å². The topological polar surface area (TPSA) is 15.3 Å². The van der Waals surface area contributed by atoms with Crippen LogP contribution in [0.15, 0.2) is 24.3 Å². The quantitative estimate of drug-likeness (QED) is 0.798. The Kier molecular flexibility index (Phi) is 5.43. The van der Waals surface area contributed by atoms with Gasteiger partial charge in [-0.1, -0.05) is 19.1 Å². The van der Waals surface area contributed by atoms with E-state index in [4.69, 9.17) is 0 Å². The molecule has 0 bridgehead atoms. The maximum Gasteiger partial charge on any atom is 0.123 e. The summed E-state index contributed by atoms with van der Waals surface area (Å²) in [5, 5.41) is 3.39. The summed E-state index contributed by atoms with van der Waals surface area (Å²) in [5.74, 6) is -0.162. The van der Waals surface area contributed by atoms with Crippen LogP contribution in [-0.4, -0.2) is 32.1 Å². The Balaban J connectivity index is 2.68. The maximum atomic E-state index is 13.1. The van der Waals surface area contributed by atoms with Crippen molar-refractivity contribution < 1.29 is 4.39 Å². The third kappa shape index (κ3) is 4.29. The van der Waals surface area contributed by atoms with E-state index >= 15 is 0 Å². The van der Waals surface area contributed by atoms with Gasteiger partial charge >= 0.3 is 0 Å². The highest BCUT2D eigenvalue weighted by Gasteiger charge is 2.10. The average Bonchev–Trinajstić information content (AvgIpc) is 2.24. The second-order valence-electron chi connectivity index (χ2n) is 4.26. The third-order valence-electron chi connectivity index (χ3n) is 2.57. The third-order valence-corrected chi connectivity index (χ3v) is 2.57. The van der Waals surface area contributed by atoms with Crippen molar-refractivity contribution >= 4 is 0 Å². The summed E-state index contributed by atoms with van der Waals surface area (Å²) in [5.41, 5.74) is 1.03. The van der Waals surface area contributed by atoms with E-state index in [1.165, 1.54) is 6.07 Å². The first kappa shape index (κ1) is 13.1. The molecule has 90 valence electrons. The molecule has 0 spiro atoms. The second kappa shape index (κ2) is 6.61. The fraction of sp³-hybridized carbons (Fsp3) is 0.538. The second-order valence-corrected chi connectivity index (χ2v) is 4.26. The van der Waals surface area contributed by atoms with Crippen LogP contribution in [0.3, 0.4) is 0 Å². The number of halogens is 1. The standard InChI is InChI=1S/C13H21FN2/c1-4-15-13(8-9-16(2)3)11-6-5-7-12(14)10-11/h5-7,10,13,15H,4,8-9H2,1-3H3. The minimum absolute atomic E-state index is 0.162. The molecule has 1 atom stereocenters. The lowest BCUT2D eigenvalue weighted by atomic mass is 10.0.